The maximum Gasteiger partial charge on any atom is 0.250 e. The van der Waals surface area contributed by atoms with Gasteiger partial charge < -0.3 is 9.84 Å². The van der Waals surface area contributed by atoms with Crippen LogP contribution < -0.4 is 9.46 Å². The summed E-state index contributed by atoms with van der Waals surface area (Å²) in [6.07, 6.45) is 0.344. The van der Waals surface area contributed by atoms with Crippen molar-refractivity contribution in [2.75, 3.05) is 13.2 Å². The summed E-state index contributed by atoms with van der Waals surface area (Å²) in [7, 11) is -3.59. The van der Waals surface area contributed by atoms with E-state index in [1.54, 1.807) is 29.6 Å². The lowest BCUT2D eigenvalue weighted by Crippen LogP contribution is -2.43. The maximum absolute atomic E-state index is 12.1. The molecule has 2 N–H and O–H groups in total. The fourth-order valence-electron chi connectivity index (χ4n) is 2.33. The Balaban J connectivity index is 1.83. The van der Waals surface area contributed by atoms with Crippen molar-refractivity contribution in [3.8, 4) is 5.75 Å². The minimum Gasteiger partial charge on any atom is -0.493 e. The summed E-state index contributed by atoms with van der Waals surface area (Å²) in [6.45, 7) is 0.280. The number of aliphatic hydroxyl groups is 1. The largest absolute Gasteiger partial charge is 0.493 e. The standard InChI is InChI=1S/C14H15NO4S2/c16-14(7-8-19-12-5-2-1-4-11(12)14)10-15-21(17,18)13-6-3-9-20-13/h1-6,9,15-16H,7-8,10H2. The average molecular weight is 325 g/mol. The first-order valence-corrected chi connectivity index (χ1v) is 8.85. The molecule has 0 saturated carbocycles. The third kappa shape index (κ3) is 2.82. The molecule has 0 saturated heterocycles. The molecule has 2 heterocycles. The zero-order valence-corrected chi connectivity index (χ0v) is 12.8. The zero-order chi connectivity index (χ0) is 14.9. The second kappa shape index (κ2) is 5.42. The van der Waals surface area contributed by atoms with Crippen molar-refractivity contribution in [3.63, 3.8) is 0 Å². The summed E-state index contributed by atoms with van der Waals surface area (Å²) in [4.78, 5) is 0. The van der Waals surface area contributed by atoms with Crippen molar-refractivity contribution >= 4 is 21.4 Å². The van der Waals surface area contributed by atoms with E-state index in [1.807, 2.05) is 6.07 Å². The van der Waals surface area contributed by atoms with Gasteiger partial charge in [-0.15, -0.1) is 11.3 Å². The molecule has 0 bridgehead atoms. The Kier molecular flexibility index (Phi) is 3.75. The summed E-state index contributed by atoms with van der Waals surface area (Å²) >= 11 is 1.14. The van der Waals surface area contributed by atoms with Crippen molar-refractivity contribution < 1.29 is 18.3 Å². The molecule has 1 aromatic heterocycles. The van der Waals surface area contributed by atoms with E-state index >= 15 is 0 Å². The average Bonchev–Trinajstić information content (AvgIpc) is 3.01. The highest BCUT2D eigenvalue weighted by atomic mass is 32.2. The normalized spacial score (nSPS) is 21.6. The number of benzene rings is 1. The molecule has 3 rings (SSSR count). The highest BCUT2D eigenvalue weighted by Gasteiger charge is 2.36. The lowest BCUT2D eigenvalue weighted by Gasteiger charge is -2.34. The first-order chi connectivity index (χ1) is 10.0. The Labute approximate surface area is 127 Å². The number of hydrogen-bond donors (Lipinski definition) is 2. The molecule has 5 nitrogen and oxygen atoms in total. The molecule has 1 aliphatic heterocycles. The van der Waals surface area contributed by atoms with Crippen LogP contribution in [0.5, 0.6) is 5.75 Å². The molecule has 1 aliphatic rings. The van der Waals surface area contributed by atoms with E-state index in [2.05, 4.69) is 4.72 Å². The number of hydrogen-bond acceptors (Lipinski definition) is 5. The third-order valence-electron chi connectivity index (χ3n) is 3.48. The summed E-state index contributed by atoms with van der Waals surface area (Å²) in [6, 6.07) is 10.4. The quantitative estimate of drug-likeness (QED) is 0.897. The van der Waals surface area contributed by atoms with E-state index in [4.69, 9.17) is 4.74 Å². The number of rotatable bonds is 4. The summed E-state index contributed by atoms with van der Waals surface area (Å²) < 4.78 is 32.5. The topological polar surface area (TPSA) is 75.6 Å². The highest BCUT2D eigenvalue weighted by Crippen LogP contribution is 2.36. The second-order valence-corrected chi connectivity index (χ2v) is 7.82. The molecule has 21 heavy (non-hydrogen) atoms. The number of sulfonamides is 1. The summed E-state index contributed by atoms with van der Waals surface area (Å²) in [5.41, 5.74) is -0.635. The Hall–Kier alpha value is -1.41. The minimum absolute atomic E-state index is 0.0758. The molecule has 0 spiro atoms. The number of fused-ring (bicyclic) bond motifs is 1. The van der Waals surface area contributed by atoms with Gasteiger partial charge in [0, 0.05) is 18.5 Å². The maximum atomic E-state index is 12.1. The van der Waals surface area contributed by atoms with Crippen LogP contribution in [0, 0.1) is 0 Å². The number of thiophene rings is 1. The smallest absolute Gasteiger partial charge is 0.250 e. The molecule has 1 aromatic carbocycles. The first kappa shape index (κ1) is 14.5. The highest BCUT2D eigenvalue weighted by molar-refractivity contribution is 7.91. The van der Waals surface area contributed by atoms with Crippen LogP contribution in [-0.2, 0) is 15.6 Å². The predicted molar refractivity (Wildman–Crippen MR) is 80.0 cm³/mol. The van der Waals surface area contributed by atoms with Crippen LogP contribution >= 0.6 is 11.3 Å². The Morgan fingerprint density at radius 2 is 2.10 bits per heavy atom. The van der Waals surface area contributed by atoms with Gasteiger partial charge >= 0.3 is 0 Å². The predicted octanol–water partition coefficient (Wildman–Crippen LogP) is 1.70. The van der Waals surface area contributed by atoms with E-state index in [1.165, 1.54) is 6.07 Å². The molecule has 0 radical (unpaired) electrons. The Morgan fingerprint density at radius 3 is 2.86 bits per heavy atom. The molecule has 0 aliphatic carbocycles. The van der Waals surface area contributed by atoms with Gasteiger partial charge in [0.2, 0.25) is 10.0 Å². The van der Waals surface area contributed by atoms with Crippen molar-refractivity contribution in [3.05, 3.63) is 47.3 Å². The van der Waals surface area contributed by atoms with Gasteiger partial charge in [-0.1, -0.05) is 24.3 Å². The van der Waals surface area contributed by atoms with Crippen molar-refractivity contribution in [1.29, 1.82) is 0 Å². The molecule has 112 valence electrons. The lowest BCUT2D eigenvalue weighted by atomic mass is 9.88. The number of para-hydroxylation sites is 1. The molecule has 0 amide bonds. The lowest BCUT2D eigenvalue weighted by molar-refractivity contribution is 0.00220. The fourth-order valence-corrected chi connectivity index (χ4v) is 4.45. The van der Waals surface area contributed by atoms with Crippen LogP contribution in [0.3, 0.4) is 0 Å². The van der Waals surface area contributed by atoms with Gasteiger partial charge in [-0.05, 0) is 17.5 Å². The van der Waals surface area contributed by atoms with E-state index in [0.29, 0.717) is 24.3 Å². The minimum atomic E-state index is -3.59. The van der Waals surface area contributed by atoms with Crippen molar-refractivity contribution in [2.24, 2.45) is 0 Å². The third-order valence-corrected chi connectivity index (χ3v) is 6.27. The first-order valence-electron chi connectivity index (χ1n) is 6.49. The summed E-state index contributed by atoms with van der Waals surface area (Å²) in [5.74, 6) is 0.599. The van der Waals surface area contributed by atoms with Crippen molar-refractivity contribution in [2.45, 2.75) is 16.2 Å². The van der Waals surface area contributed by atoms with Crippen LogP contribution in [0.4, 0.5) is 0 Å². The summed E-state index contributed by atoms with van der Waals surface area (Å²) in [5, 5.41) is 12.5. The molecular weight excluding hydrogens is 310 g/mol. The molecule has 2 aromatic rings. The van der Waals surface area contributed by atoms with Gasteiger partial charge in [0.25, 0.3) is 0 Å². The van der Waals surface area contributed by atoms with Crippen LogP contribution in [0.25, 0.3) is 0 Å². The van der Waals surface area contributed by atoms with E-state index < -0.39 is 15.6 Å². The molecule has 0 fully saturated rings. The number of ether oxygens (including phenoxy) is 1. The van der Waals surface area contributed by atoms with Gasteiger partial charge in [0.1, 0.15) is 15.6 Å². The Morgan fingerprint density at radius 1 is 1.29 bits per heavy atom. The van der Waals surface area contributed by atoms with E-state index in [-0.39, 0.29) is 10.8 Å². The molecule has 1 unspecified atom stereocenters. The molecule has 1 atom stereocenters. The van der Waals surface area contributed by atoms with Gasteiger partial charge in [-0.25, -0.2) is 13.1 Å². The van der Waals surface area contributed by atoms with Gasteiger partial charge in [0.05, 0.1) is 6.61 Å². The van der Waals surface area contributed by atoms with Gasteiger partial charge in [0.15, 0.2) is 0 Å². The van der Waals surface area contributed by atoms with Gasteiger partial charge in [-0.3, -0.25) is 0 Å². The van der Waals surface area contributed by atoms with Crippen LogP contribution in [-0.4, -0.2) is 26.7 Å². The van der Waals surface area contributed by atoms with Gasteiger partial charge in [-0.2, -0.15) is 0 Å². The fraction of sp³-hybridized carbons (Fsp3) is 0.286. The SMILES string of the molecule is O=S(=O)(NCC1(O)CCOc2ccccc21)c1cccs1. The van der Waals surface area contributed by atoms with Crippen LogP contribution in [0.1, 0.15) is 12.0 Å². The molecule has 7 heteroatoms. The van der Waals surface area contributed by atoms with E-state index in [9.17, 15) is 13.5 Å². The van der Waals surface area contributed by atoms with Crippen LogP contribution in [0.2, 0.25) is 0 Å². The van der Waals surface area contributed by atoms with E-state index in [0.717, 1.165) is 11.3 Å². The number of nitrogens with one attached hydrogen (secondary N) is 1. The molecular formula is C14H15NO4S2. The zero-order valence-electron chi connectivity index (χ0n) is 11.2. The second-order valence-electron chi connectivity index (χ2n) is 4.88. The Bertz CT molecular complexity index is 727. The van der Waals surface area contributed by atoms with Crippen molar-refractivity contribution in [1.82, 2.24) is 4.72 Å². The van der Waals surface area contributed by atoms with Crippen LogP contribution in [0.15, 0.2) is 46.0 Å². The monoisotopic (exact) mass is 325 g/mol.